The predicted octanol–water partition coefficient (Wildman–Crippen LogP) is 3.56. The molecule has 0 aliphatic carbocycles. The predicted molar refractivity (Wildman–Crippen MR) is 118 cm³/mol. The number of ketones is 1. The van der Waals surface area contributed by atoms with E-state index in [0.717, 1.165) is 38.9 Å². The molecule has 0 unspecified atom stereocenters. The van der Waals surface area contributed by atoms with Gasteiger partial charge in [-0.25, -0.2) is 5.48 Å². The van der Waals surface area contributed by atoms with Gasteiger partial charge >= 0.3 is 0 Å². The maximum atomic E-state index is 12.9. The zero-order valence-electron chi connectivity index (χ0n) is 17.8. The van der Waals surface area contributed by atoms with Gasteiger partial charge in [0.2, 0.25) is 0 Å². The Hall–Kier alpha value is -2.96. The highest BCUT2D eigenvalue weighted by Crippen LogP contribution is 2.39. The van der Waals surface area contributed by atoms with Crippen molar-refractivity contribution >= 4 is 17.8 Å². The second-order valence-corrected chi connectivity index (χ2v) is 8.53. The summed E-state index contributed by atoms with van der Waals surface area (Å²) in [5.41, 5.74) is 5.03. The summed E-state index contributed by atoms with van der Waals surface area (Å²) in [6.07, 6.45) is 5.85. The van der Waals surface area contributed by atoms with E-state index in [1.54, 1.807) is 23.7 Å². The maximum absolute atomic E-state index is 12.9. The number of hydroxylamine groups is 1. The van der Waals surface area contributed by atoms with E-state index in [4.69, 9.17) is 9.94 Å². The van der Waals surface area contributed by atoms with E-state index < -0.39 is 11.5 Å². The molecular weight excluding hydrogens is 392 g/mol. The molecule has 4 rings (SSSR count). The van der Waals surface area contributed by atoms with E-state index >= 15 is 0 Å². The van der Waals surface area contributed by atoms with E-state index in [9.17, 15) is 9.59 Å². The van der Waals surface area contributed by atoms with Crippen molar-refractivity contribution in [2.75, 3.05) is 19.6 Å². The molecule has 162 valence electrons. The summed E-state index contributed by atoms with van der Waals surface area (Å²) in [5.74, 6) is 0.0812. The lowest BCUT2D eigenvalue weighted by Gasteiger charge is -2.44. The molecule has 6 nitrogen and oxygen atoms in total. The van der Waals surface area contributed by atoms with Crippen molar-refractivity contribution in [1.29, 1.82) is 0 Å². The van der Waals surface area contributed by atoms with Crippen LogP contribution in [0.4, 0.5) is 0 Å². The first-order valence-corrected chi connectivity index (χ1v) is 10.7. The van der Waals surface area contributed by atoms with Gasteiger partial charge in [0, 0.05) is 38.6 Å². The van der Waals surface area contributed by atoms with Crippen LogP contribution in [0.5, 0.6) is 5.75 Å². The minimum absolute atomic E-state index is 0.0798. The summed E-state index contributed by atoms with van der Waals surface area (Å²) in [6.45, 7) is 4.96. The molecule has 2 heterocycles. The molecule has 2 aromatic rings. The number of benzene rings is 2. The fraction of sp³-hybridized carbons (Fsp3) is 0.360. The molecule has 6 heteroatoms. The summed E-state index contributed by atoms with van der Waals surface area (Å²) >= 11 is 0. The molecule has 1 amide bonds. The minimum Gasteiger partial charge on any atom is -0.486 e. The number of ether oxygens (including phenoxy) is 1. The number of hydrogen-bond acceptors (Lipinski definition) is 5. The van der Waals surface area contributed by atoms with E-state index in [1.165, 1.54) is 17.2 Å². The Labute approximate surface area is 182 Å². The number of rotatable bonds is 5. The SMILES string of the molecule is Cc1ccc(CCN2CCC3(CC2)CC(=O)c2cc(/C=C/C(=O)NO)ccc2O3)cc1. The Kier molecular flexibility index (Phi) is 6.20. The number of amides is 1. The molecule has 1 saturated heterocycles. The van der Waals surface area contributed by atoms with Crippen LogP contribution >= 0.6 is 0 Å². The van der Waals surface area contributed by atoms with Gasteiger partial charge in [-0.2, -0.15) is 0 Å². The van der Waals surface area contributed by atoms with Crippen LogP contribution in [0.15, 0.2) is 48.5 Å². The summed E-state index contributed by atoms with van der Waals surface area (Å²) < 4.78 is 6.37. The van der Waals surface area contributed by atoms with E-state index in [1.807, 2.05) is 6.07 Å². The first-order valence-electron chi connectivity index (χ1n) is 10.7. The second-order valence-electron chi connectivity index (χ2n) is 8.53. The number of likely N-dealkylation sites (tertiary alicyclic amines) is 1. The van der Waals surface area contributed by atoms with Gasteiger partial charge in [-0.1, -0.05) is 35.9 Å². The van der Waals surface area contributed by atoms with Crippen molar-refractivity contribution in [3.63, 3.8) is 0 Å². The molecule has 0 radical (unpaired) electrons. The first-order chi connectivity index (χ1) is 15.0. The van der Waals surface area contributed by atoms with E-state index in [2.05, 4.69) is 36.1 Å². The van der Waals surface area contributed by atoms with Crippen LogP contribution < -0.4 is 10.2 Å². The van der Waals surface area contributed by atoms with Gasteiger partial charge in [-0.3, -0.25) is 14.8 Å². The van der Waals surface area contributed by atoms with Crippen LogP contribution in [-0.2, 0) is 11.2 Å². The highest BCUT2D eigenvalue weighted by molar-refractivity contribution is 6.01. The molecule has 0 bridgehead atoms. The third-order valence-corrected chi connectivity index (χ3v) is 6.26. The molecule has 1 fully saturated rings. The highest BCUT2D eigenvalue weighted by Gasteiger charge is 2.42. The fourth-order valence-corrected chi connectivity index (χ4v) is 4.33. The Morgan fingerprint density at radius 1 is 1.19 bits per heavy atom. The number of hydrogen-bond donors (Lipinski definition) is 2. The fourth-order valence-electron chi connectivity index (χ4n) is 4.33. The molecule has 2 aliphatic rings. The largest absolute Gasteiger partial charge is 0.486 e. The van der Waals surface area contributed by atoms with Crippen molar-refractivity contribution < 1.29 is 19.5 Å². The van der Waals surface area contributed by atoms with Crippen LogP contribution in [0, 0.1) is 6.92 Å². The van der Waals surface area contributed by atoms with Gasteiger partial charge in [0.1, 0.15) is 11.4 Å². The monoisotopic (exact) mass is 420 g/mol. The lowest BCUT2D eigenvalue weighted by atomic mass is 9.82. The van der Waals surface area contributed by atoms with Gasteiger partial charge in [0.25, 0.3) is 5.91 Å². The number of aryl methyl sites for hydroxylation is 1. The van der Waals surface area contributed by atoms with Crippen molar-refractivity contribution in [3.05, 3.63) is 70.8 Å². The molecule has 2 aromatic carbocycles. The lowest BCUT2D eigenvalue weighted by molar-refractivity contribution is -0.124. The minimum atomic E-state index is -0.617. The van der Waals surface area contributed by atoms with E-state index in [0.29, 0.717) is 23.3 Å². The quantitative estimate of drug-likeness (QED) is 0.439. The smallest absolute Gasteiger partial charge is 0.267 e. The Morgan fingerprint density at radius 2 is 1.94 bits per heavy atom. The zero-order chi connectivity index (χ0) is 21.8. The van der Waals surface area contributed by atoms with Crippen LogP contribution in [0.1, 0.15) is 46.3 Å². The first kappa shape index (κ1) is 21.3. The van der Waals surface area contributed by atoms with Crippen LogP contribution in [-0.4, -0.2) is 47.0 Å². The summed E-state index contributed by atoms with van der Waals surface area (Å²) in [7, 11) is 0. The molecule has 0 saturated carbocycles. The molecule has 0 aromatic heterocycles. The number of carbonyl (C=O) groups excluding carboxylic acids is 2. The summed E-state index contributed by atoms with van der Waals surface area (Å²) in [5, 5.41) is 8.58. The average molecular weight is 421 g/mol. The van der Waals surface area contributed by atoms with Crippen molar-refractivity contribution in [1.82, 2.24) is 10.4 Å². The van der Waals surface area contributed by atoms with Crippen molar-refractivity contribution in [2.45, 2.75) is 38.2 Å². The standard InChI is InChI=1S/C25H28N2O4/c1-18-2-4-19(5-3-18)10-13-27-14-11-25(12-15-27)17-22(28)21-16-20(6-8-23(21)31-25)7-9-24(29)26-30/h2-9,16,30H,10-15,17H2,1H3,(H,26,29)/b9-7+. The van der Waals surface area contributed by atoms with Crippen molar-refractivity contribution in [3.8, 4) is 5.75 Å². The molecule has 31 heavy (non-hydrogen) atoms. The topological polar surface area (TPSA) is 78.9 Å². The van der Waals surface area contributed by atoms with Crippen molar-refractivity contribution in [2.24, 2.45) is 0 Å². The molecule has 2 aliphatic heterocycles. The van der Waals surface area contributed by atoms with Gasteiger partial charge in [0.15, 0.2) is 5.78 Å². The summed E-state index contributed by atoms with van der Waals surface area (Å²) in [6, 6.07) is 14.0. The number of fused-ring (bicyclic) bond motifs is 1. The maximum Gasteiger partial charge on any atom is 0.267 e. The molecule has 1 spiro atoms. The number of carbonyl (C=O) groups is 2. The third kappa shape index (κ3) is 5.03. The third-order valence-electron chi connectivity index (χ3n) is 6.26. The lowest BCUT2D eigenvalue weighted by Crippen LogP contribution is -2.51. The number of nitrogens with one attached hydrogen (secondary N) is 1. The van der Waals surface area contributed by atoms with Crippen LogP contribution in [0.3, 0.4) is 0 Å². The van der Waals surface area contributed by atoms with Crippen LogP contribution in [0.25, 0.3) is 6.08 Å². The average Bonchev–Trinajstić information content (AvgIpc) is 2.78. The van der Waals surface area contributed by atoms with Gasteiger partial charge in [-0.05, 0) is 42.7 Å². The molecule has 0 atom stereocenters. The molecular formula is C25H28N2O4. The van der Waals surface area contributed by atoms with E-state index in [-0.39, 0.29) is 5.78 Å². The van der Waals surface area contributed by atoms with Crippen LogP contribution in [0.2, 0.25) is 0 Å². The zero-order valence-corrected chi connectivity index (χ0v) is 17.8. The Morgan fingerprint density at radius 3 is 2.65 bits per heavy atom. The van der Waals surface area contributed by atoms with Gasteiger partial charge in [-0.15, -0.1) is 0 Å². The number of nitrogens with zero attached hydrogens (tertiary/aromatic N) is 1. The Bertz CT molecular complexity index is 989. The Balaban J connectivity index is 1.36. The highest BCUT2D eigenvalue weighted by atomic mass is 16.5. The normalized spacial score (nSPS) is 18.1. The summed E-state index contributed by atoms with van der Waals surface area (Å²) in [4.78, 5) is 26.5. The number of piperidine rings is 1. The number of Topliss-reactive ketones (excluding diaryl/α,β-unsaturated/α-hetero) is 1. The second kappa shape index (κ2) is 9.04. The van der Waals surface area contributed by atoms with Gasteiger partial charge in [0.05, 0.1) is 12.0 Å². The molecule has 2 N–H and O–H groups in total. The van der Waals surface area contributed by atoms with Gasteiger partial charge < -0.3 is 9.64 Å².